The van der Waals surface area contributed by atoms with Gasteiger partial charge in [-0.3, -0.25) is 9.78 Å². The second kappa shape index (κ2) is 4.31. The summed E-state index contributed by atoms with van der Waals surface area (Å²) in [6.07, 6.45) is 2.36. The van der Waals surface area contributed by atoms with E-state index in [0.717, 1.165) is 10.9 Å². The number of carbonyl (C=O) groups excluding carboxylic acids is 1. The number of pyridine rings is 1. The number of benzene rings is 1. The maximum Gasteiger partial charge on any atom is 0.256 e. The van der Waals surface area contributed by atoms with Gasteiger partial charge in [0.25, 0.3) is 5.91 Å². The highest BCUT2D eigenvalue weighted by Crippen LogP contribution is 2.27. The maximum atomic E-state index is 12.4. The van der Waals surface area contributed by atoms with Gasteiger partial charge in [0.15, 0.2) is 0 Å². The zero-order valence-corrected chi connectivity index (χ0v) is 10.8. The summed E-state index contributed by atoms with van der Waals surface area (Å²) in [5, 5.41) is 10.9. The van der Waals surface area contributed by atoms with Gasteiger partial charge in [0.1, 0.15) is 0 Å². The largest absolute Gasteiger partial charge is 0.386 e. The van der Waals surface area contributed by atoms with E-state index in [1.165, 1.54) is 0 Å². The lowest BCUT2D eigenvalue weighted by atomic mass is 9.90. The molecule has 1 amide bonds. The fourth-order valence-electron chi connectivity index (χ4n) is 2.48. The molecule has 0 spiro atoms. The fourth-order valence-corrected chi connectivity index (χ4v) is 2.48. The molecule has 0 bridgehead atoms. The molecule has 98 valence electrons. The molecule has 1 aliphatic heterocycles. The molecular formula is C15H16N2O2. The molecule has 1 aromatic carbocycles. The van der Waals surface area contributed by atoms with E-state index in [0.29, 0.717) is 25.1 Å². The van der Waals surface area contributed by atoms with Crippen LogP contribution < -0.4 is 0 Å². The van der Waals surface area contributed by atoms with Crippen LogP contribution in [0.3, 0.4) is 0 Å². The molecule has 0 aliphatic carbocycles. The Kier molecular flexibility index (Phi) is 2.75. The molecule has 1 aromatic heterocycles. The third kappa shape index (κ3) is 1.98. The van der Waals surface area contributed by atoms with Crippen LogP contribution in [0.1, 0.15) is 23.7 Å². The minimum absolute atomic E-state index is 0.0533. The van der Waals surface area contributed by atoms with Gasteiger partial charge in [-0.05, 0) is 18.6 Å². The number of amides is 1. The number of likely N-dealkylation sites (tertiary alicyclic amines) is 1. The van der Waals surface area contributed by atoms with Crippen LogP contribution in [0.4, 0.5) is 0 Å². The van der Waals surface area contributed by atoms with Crippen molar-refractivity contribution >= 4 is 16.8 Å². The van der Waals surface area contributed by atoms with Crippen molar-refractivity contribution in [1.82, 2.24) is 9.88 Å². The van der Waals surface area contributed by atoms with Crippen LogP contribution in [0, 0.1) is 0 Å². The van der Waals surface area contributed by atoms with Crippen LogP contribution in [0.15, 0.2) is 36.5 Å². The molecule has 3 rings (SSSR count). The first-order valence-corrected chi connectivity index (χ1v) is 6.48. The van der Waals surface area contributed by atoms with E-state index in [1.807, 2.05) is 31.2 Å². The minimum atomic E-state index is -0.701. The number of para-hydroxylation sites is 1. The third-order valence-electron chi connectivity index (χ3n) is 3.78. The highest BCUT2D eigenvalue weighted by Gasteiger charge is 2.42. The summed E-state index contributed by atoms with van der Waals surface area (Å²) in [5.74, 6) is -0.0533. The van der Waals surface area contributed by atoms with Gasteiger partial charge in [0.05, 0.1) is 29.8 Å². The zero-order chi connectivity index (χ0) is 13.5. The molecule has 0 atom stereocenters. The monoisotopic (exact) mass is 256 g/mol. The van der Waals surface area contributed by atoms with Gasteiger partial charge in [0.2, 0.25) is 0 Å². The van der Waals surface area contributed by atoms with Gasteiger partial charge in [-0.1, -0.05) is 25.1 Å². The van der Waals surface area contributed by atoms with Gasteiger partial charge in [-0.25, -0.2) is 0 Å². The van der Waals surface area contributed by atoms with Gasteiger partial charge < -0.3 is 10.0 Å². The average Bonchev–Trinajstić information content (AvgIpc) is 2.42. The molecule has 0 radical (unpaired) electrons. The molecule has 0 saturated carbocycles. The third-order valence-corrected chi connectivity index (χ3v) is 3.78. The summed E-state index contributed by atoms with van der Waals surface area (Å²) < 4.78 is 0. The Hall–Kier alpha value is -1.94. The van der Waals surface area contributed by atoms with E-state index in [4.69, 9.17) is 0 Å². The van der Waals surface area contributed by atoms with Crippen LogP contribution in [0.25, 0.3) is 10.9 Å². The number of aromatic nitrogens is 1. The van der Waals surface area contributed by atoms with Crippen molar-refractivity contribution in [3.8, 4) is 0 Å². The number of nitrogens with zero attached hydrogens (tertiary/aromatic N) is 2. The fraction of sp³-hybridized carbons (Fsp3) is 0.333. The standard InChI is InChI=1S/C15H16N2O2/c1-2-15(19)9-17(10-15)14(18)12-7-3-5-11-6-4-8-16-13(11)12/h3-8,19H,2,9-10H2,1H3. The van der Waals surface area contributed by atoms with Gasteiger partial charge in [-0.2, -0.15) is 0 Å². The Labute approximate surface area is 111 Å². The Bertz CT molecular complexity index is 628. The molecule has 1 saturated heterocycles. The van der Waals surface area contributed by atoms with Crippen LogP contribution in [-0.4, -0.2) is 39.6 Å². The number of hydrogen-bond donors (Lipinski definition) is 1. The molecule has 1 fully saturated rings. The predicted molar refractivity (Wildman–Crippen MR) is 72.9 cm³/mol. The Morgan fingerprint density at radius 1 is 1.37 bits per heavy atom. The smallest absolute Gasteiger partial charge is 0.256 e. The first kappa shape index (κ1) is 12.1. The van der Waals surface area contributed by atoms with E-state index in [9.17, 15) is 9.90 Å². The SMILES string of the molecule is CCC1(O)CN(C(=O)c2cccc3cccnc23)C1. The molecule has 0 unspecified atom stereocenters. The van der Waals surface area contributed by atoms with Gasteiger partial charge in [-0.15, -0.1) is 0 Å². The van der Waals surface area contributed by atoms with E-state index in [2.05, 4.69) is 4.98 Å². The van der Waals surface area contributed by atoms with Crippen molar-refractivity contribution in [1.29, 1.82) is 0 Å². The maximum absolute atomic E-state index is 12.4. The lowest BCUT2D eigenvalue weighted by Gasteiger charge is -2.46. The Balaban J connectivity index is 1.91. The second-order valence-electron chi connectivity index (χ2n) is 5.12. The molecule has 2 aromatic rings. The van der Waals surface area contributed by atoms with Crippen molar-refractivity contribution in [3.05, 3.63) is 42.1 Å². The highest BCUT2D eigenvalue weighted by atomic mass is 16.3. The molecule has 4 nitrogen and oxygen atoms in total. The van der Waals surface area contributed by atoms with E-state index >= 15 is 0 Å². The average molecular weight is 256 g/mol. The van der Waals surface area contributed by atoms with E-state index in [1.54, 1.807) is 17.2 Å². The summed E-state index contributed by atoms with van der Waals surface area (Å²) in [7, 11) is 0. The second-order valence-corrected chi connectivity index (χ2v) is 5.12. The van der Waals surface area contributed by atoms with Crippen molar-refractivity contribution in [2.45, 2.75) is 18.9 Å². The lowest BCUT2D eigenvalue weighted by molar-refractivity contribution is -0.0825. The predicted octanol–water partition coefficient (Wildman–Crippen LogP) is 1.83. The molecule has 19 heavy (non-hydrogen) atoms. The van der Waals surface area contributed by atoms with E-state index < -0.39 is 5.60 Å². The van der Waals surface area contributed by atoms with Crippen molar-refractivity contribution in [3.63, 3.8) is 0 Å². The molecular weight excluding hydrogens is 240 g/mol. The molecule has 4 heteroatoms. The Morgan fingerprint density at radius 3 is 2.84 bits per heavy atom. The summed E-state index contributed by atoms with van der Waals surface area (Å²) >= 11 is 0. The van der Waals surface area contributed by atoms with Crippen LogP contribution in [-0.2, 0) is 0 Å². The topological polar surface area (TPSA) is 53.4 Å². The number of aliphatic hydroxyl groups is 1. The number of carbonyl (C=O) groups is 1. The first-order chi connectivity index (χ1) is 9.13. The van der Waals surface area contributed by atoms with Crippen molar-refractivity contribution in [2.75, 3.05) is 13.1 Å². The van der Waals surface area contributed by atoms with Gasteiger partial charge in [0, 0.05) is 11.6 Å². The number of hydrogen-bond acceptors (Lipinski definition) is 3. The number of fused-ring (bicyclic) bond motifs is 1. The lowest BCUT2D eigenvalue weighted by Crippen LogP contribution is -2.63. The van der Waals surface area contributed by atoms with E-state index in [-0.39, 0.29) is 5.91 Å². The number of β-amino-alcohol motifs (C(OH)–C–C–N with tert-alkyl or cyclic N) is 1. The summed E-state index contributed by atoms with van der Waals surface area (Å²) in [4.78, 5) is 18.4. The van der Waals surface area contributed by atoms with Gasteiger partial charge >= 0.3 is 0 Å². The van der Waals surface area contributed by atoms with Crippen molar-refractivity contribution in [2.24, 2.45) is 0 Å². The molecule has 2 heterocycles. The van der Waals surface area contributed by atoms with Crippen LogP contribution >= 0.6 is 0 Å². The first-order valence-electron chi connectivity index (χ1n) is 6.48. The summed E-state index contributed by atoms with van der Waals surface area (Å²) in [5.41, 5.74) is 0.631. The normalized spacial score (nSPS) is 17.3. The Morgan fingerprint density at radius 2 is 2.11 bits per heavy atom. The zero-order valence-electron chi connectivity index (χ0n) is 10.8. The minimum Gasteiger partial charge on any atom is -0.386 e. The summed E-state index contributed by atoms with van der Waals surface area (Å²) in [6, 6.07) is 9.40. The van der Waals surface area contributed by atoms with Crippen molar-refractivity contribution < 1.29 is 9.90 Å². The highest BCUT2D eigenvalue weighted by molar-refractivity contribution is 6.05. The number of rotatable bonds is 2. The van der Waals surface area contributed by atoms with Crippen LogP contribution in [0.5, 0.6) is 0 Å². The molecule has 1 N–H and O–H groups in total. The van der Waals surface area contributed by atoms with Crippen LogP contribution in [0.2, 0.25) is 0 Å². The summed E-state index contributed by atoms with van der Waals surface area (Å²) in [6.45, 7) is 2.75. The molecule has 1 aliphatic rings. The quantitative estimate of drug-likeness (QED) is 0.892.